The minimum atomic E-state index is -0.185. The molecule has 5 rings (SSSR count). The Hall–Kier alpha value is -2.42. The summed E-state index contributed by atoms with van der Waals surface area (Å²) in [6, 6.07) is 7.32. The van der Waals surface area contributed by atoms with Crippen molar-refractivity contribution >= 4 is 40.3 Å². The van der Waals surface area contributed by atoms with Gasteiger partial charge in [0.2, 0.25) is 0 Å². The van der Waals surface area contributed by atoms with Gasteiger partial charge in [-0.2, -0.15) is 0 Å². The van der Waals surface area contributed by atoms with Gasteiger partial charge in [-0.05, 0) is 89.8 Å². The molecule has 2 saturated heterocycles. The van der Waals surface area contributed by atoms with E-state index in [1.165, 1.54) is 82.3 Å². The molecular formula is C29H41N5O2S. The first-order valence-corrected chi connectivity index (χ1v) is 15.0. The third kappa shape index (κ3) is 6.36. The molecule has 8 heteroatoms. The number of amides is 3. The summed E-state index contributed by atoms with van der Waals surface area (Å²) in [7, 11) is 0. The Morgan fingerprint density at radius 2 is 1.78 bits per heavy atom. The molecule has 2 fully saturated rings. The molecule has 7 nitrogen and oxygen atoms in total. The number of carbonyl (C=O) groups excluding carboxylic acids is 2. The largest absolute Gasteiger partial charge is 0.336 e. The summed E-state index contributed by atoms with van der Waals surface area (Å²) >= 11 is 1.50. The maximum Gasteiger partial charge on any atom is 0.326 e. The van der Waals surface area contributed by atoms with Crippen LogP contribution < -0.4 is 15.5 Å². The van der Waals surface area contributed by atoms with Crippen molar-refractivity contribution in [1.82, 2.24) is 15.1 Å². The van der Waals surface area contributed by atoms with E-state index in [0.29, 0.717) is 29.2 Å². The Kier molecular flexibility index (Phi) is 8.79. The van der Waals surface area contributed by atoms with Gasteiger partial charge in [-0.25, -0.2) is 4.79 Å². The van der Waals surface area contributed by atoms with Gasteiger partial charge in [-0.3, -0.25) is 9.69 Å². The van der Waals surface area contributed by atoms with Gasteiger partial charge in [-0.15, -0.1) is 11.3 Å². The second-order valence-electron chi connectivity index (χ2n) is 10.8. The number of benzene rings is 1. The number of para-hydroxylation sites is 2. The van der Waals surface area contributed by atoms with Crippen molar-refractivity contribution in [2.75, 3.05) is 56.0 Å². The SMILES string of the molecule is Cc1scc2c1N(C(=O)NCCN1CCC(CCCCN3CCCCC3)CC1)c1ccccc1NC2=O. The highest BCUT2D eigenvalue weighted by Crippen LogP contribution is 2.42. The van der Waals surface area contributed by atoms with Crippen LogP contribution >= 0.6 is 11.3 Å². The molecular weight excluding hydrogens is 482 g/mol. The summed E-state index contributed by atoms with van der Waals surface area (Å²) in [6.45, 7) is 9.55. The first kappa shape index (κ1) is 26.2. The quantitative estimate of drug-likeness (QED) is 0.427. The van der Waals surface area contributed by atoms with Gasteiger partial charge in [-0.1, -0.05) is 31.4 Å². The molecule has 200 valence electrons. The predicted molar refractivity (Wildman–Crippen MR) is 152 cm³/mol. The van der Waals surface area contributed by atoms with Crippen molar-refractivity contribution in [3.8, 4) is 0 Å². The van der Waals surface area contributed by atoms with Crippen LogP contribution in [-0.4, -0.2) is 67.6 Å². The molecule has 3 aliphatic rings. The van der Waals surface area contributed by atoms with E-state index in [9.17, 15) is 9.59 Å². The maximum absolute atomic E-state index is 13.4. The van der Waals surface area contributed by atoms with Gasteiger partial charge in [0.15, 0.2) is 0 Å². The van der Waals surface area contributed by atoms with Gasteiger partial charge in [0, 0.05) is 23.3 Å². The number of urea groups is 1. The van der Waals surface area contributed by atoms with Crippen LogP contribution in [0.5, 0.6) is 0 Å². The van der Waals surface area contributed by atoms with Crippen LogP contribution in [0.25, 0.3) is 0 Å². The summed E-state index contributed by atoms with van der Waals surface area (Å²) < 4.78 is 0. The van der Waals surface area contributed by atoms with Gasteiger partial charge in [0.1, 0.15) is 0 Å². The van der Waals surface area contributed by atoms with E-state index in [1.54, 1.807) is 4.90 Å². The molecule has 1 aromatic carbocycles. The van der Waals surface area contributed by atoms with Crippen LogP contribution in [0.1, 0.15) is 66.6 Å². The second kappa shape index (κ2) is 12.4. The fraction of sp³-hybridized carbons (Fsp3) is 0.586. The average molecular weight is 524 g/mol. The van der Waals surface area contributed by atoms with E-state index in [4.69, 9.17) is 0 Å². The van der Waals surface area contributed by atoms with Crippen LogP contribution in [0.15, 0.2) is 29.6 Å². The zero-order chi connectivity index (χ0) is 25.6. The molecule has 0 aliphatic carbocycles. The molecule has 0 spiro atoms. The highest BCUT2D eigenvalue weighted by Gasteiger charge is 2.32. The van der Waals surface area contributed by atoms with Crippen molar-refractivity contribution in [2.24, 2.45) is 5.92 Å². The molecule has 37 heavy (non-hydrogen) atoms. The van der Waals surface area contributed by atoms with Crippen molar-refractivity contribution in [2.45, 2.75) is 58.3 Å². The van der Waals surface area contributed by atoms with E-state index in [2.05, 4.69) is 20.4 Å². The van der Waals surface area contributed by atoms with Crippen LogP contribution in [-0.2, 0) is 0 Å². The van der Waals surface area contributed by atoms with E-state index >= 15 is 0 Å². The summed E-state index contributed by atoms with van der Waals surface area (Å²) in [5.41, 5.74) is 2.59. The molecule has 0 atom stereocenters. The van der Waals surface area contributed by atoms with Crippen molar-refractivity contribution in [3.63, 3.8) is 0 Å². The van der Waals surface area contributed by atoms with Crippen LogP contribution in [0.3, 0.4) is 0 Å². The molecule has 0 bridgehead atoms. The predicted octanol–water partition coefficient (Wildman–Crippen LogP) is 5.84. The number of nitrogens with one attached hydrogen (secondary N) is 2. The number of likely N-dealkylation sites (tertiary alicyclic amines) is 2. The topological polar surface area (TPSA) is 67.9 Å². The van der Waals surface area contributed by atoms with Crippen molar-refractivity contribution in [1.29, 1.82) is 0 Å². The molecule has 1 aromatic heterocycles. The maximum atomic E-state index is 13.4. The van der Waals surface area contributed by atoms with Crippen molar-refractivity contribution in [3.05, 3.63) is 40.1 Å². The molecule has 0 radical (unpaired) electrons. The Morgan fingerprint density at radius 1 is 1.03 bits per heavy atom. The standard InChI is InChI=1S/C29H41N5O2S/c1-22-27-24(21-37-22)28(35)31-25-10-3-4-11-26(25)34(27)29(36)30-14-20-33-18-12-23(13-19-33)9-5-8-17-32-15-6-2-7-16-32/h3-4,10-11,21,23H,2,5-9,12-20H2,1H3,(H,30,36)(H,31,35). The average Bonchev–Trinajstić information content (AvgIpc) is 3.24. The van der Waals surface area contributed by atoms with Gasteiger partial charge in [0.05, 0.1) is 22.6 Å². The number of nitrogens with zero attached hydrogens (tertiary/aromatic N) is 3. The lowest BCUT2D eigenvalue weighted by Crippen LogP contribution is -2.43. The van der Waals surface area contributed by atoms with Crippen molar-refractivity contribution < 1.29 is 9.59 Å². The summed E-state index contributed by atoms with van der Waals surface area (Å²) in [4.78, 5) is 34.0. The monoisotopic (exact) mass is 523 g/mol. The number of piperidine rings is 2. The number of fused-ring (bicyclic) bond motifs is 2. The van der Waals surface area contributed by atoms with Gasteiger partial charge >= 0.3 is 6.03 Å². The minimum absolute atomic E-state index is 0.170. The Labute approximate surface area is 225 Å². The number of rotatable bonds is 8. The van der Waals surface area contributed by atoms with Crippen LogP contribution in [0.2, 0.25) is 0 Å². The summed E-state index contributed by atoms with van der Waals surface area (Å²) in [6.07, 6.45) is 10.8. The van der Waals surface area contributed by atoms with Gasteiger partial charge in [0.25, 0.3) is 5.91 Å². The molecule has 2 N–H and O–H groups in total. The van der Waals surface area contributed by atoms with E-state index in [1.807, 2.05) is 36.6 Å². The molecule has 4 heterocycles. The highest BCUT2D eigenvalue weighted by atomic mass is 32.1. The number of carbonyl (C=O) groups is 2. The molecule has 2 aromatic rings. The molecule has 3 amide bonds. The number of anilines is 3. The second-order valence-corrected chi connectivity index (χ2v) is 11.9. The summed E-state index contributed by atoms with van der Waals surface area (Å²) in [5.74, 6) is 0.683. The fourth-order valence-electron chi connectivity index (χ4n) is 6.03. The first-order valence-electron chi connectivity index (χ1n) is 14.1. The summed E-state index contributed by atoms with van der Waals surface area (Å²) in [5, 5.41) is 7.93. The van der Waals surface area contributed by atoms with E-state index in [0.717, 1.165) is 30.4 Å². The van der Waals surface area contributed by atoms with Crippen LogP contribution in [0.4, 0.5) is 21.9 Å². The van der Waals surface area contributed by atoms with Gasteiger partial charge < -0.3 is 20.4 Å². The number of unbranched alkanes of at least 4 members (excludes halogenated alkanes) is 1. The fourth-order valence-corrected chi connectivity index (χ4v) is 6.86. The zero-order valence-corrected chi connectivity index (χ0v) is 23.0. The molecule has 0 unspecified atom stereocenters. The highest BCUT2D eigenvalue weighted by molar-refractivity contribution is 7.11. The normalized spacial score (nSPS) is 19.2. The lowest BCUT2D eigenvalue weighted by atomic mass is 9.91. The Morgan fingerprint density at radius 3 is 2.59 bits per heavy atom. The van der Waals surface area contributed by atoms with E-state index in [-0.39, 0.29) is 11.9 Å². The lowest BCUT2D eigenvalue weighted by molar-refractivity contribution is 0.102. The number of hydrogen-bond donors (Lipinski definition) is 2. The third-order valence-electron chi connectivity index (χ3n) is 8.20. The first-order chi connectivity index (χ1) is 18.1. The molecule has 3 aliphatic heterocycles. The third-order valence-corrected chi connectivity index (χ3v) is 9.10. The lowest BCUT2D eigenvalue weighted by Gasteiger charge is -2.32. The number of thiophene rings is 1. The number of aryl methyl sites for hydroxylation is 1. The number of hydrogen-bond acceptors (Lipinski definition) is 5. The Balaban J connectivity index is 1.08. The minimum Gasteiger partial charge on any atom is -0.336 e. The molecule has 0 saturated carbocycles. The zero-order valence-electron chi connectivity index (χ0n) is 22.1. The Bertz CT molecular complexity index is 1070. The smallest absolute Gasteiger partial charge is 0.326 e. The van der Waals surface area contributed by atoms with E-state index < -0.39 is 0 Å². The van der Waals surface area contributed by atoms with Crippen LogP contribution in [0, 0.1) is 12.8 Å².